The highest BCUT2D eigenvalue weighted by atomic mass is 35.5. The highest BCUT2D eigenvalue weighted by molar-refractivity contribution is 5.92. The number of nitrogens with one attached hydrogen (secondary N) is 1. The van der Waals surface area contributed by atoms with Crippen molar-refractivity contribution in [3.05, 3.63) is 18.0 Å². The Morgan fingerprint density at radius 3 is 2.88 bits per heavy atom. The first kappa shape index (κ1) is 13.0. The van der Waals surface area contributed by atoms with Crippen LogP contribution in [0.1, 0.15) is 30.3 Å². The molecule has 0 saturated heterocycles. The molecule has 1 heterocycles. The second kappa shape index (κ2) is 4.84. The van der Waals surface area contributed by atoms with Gasteiger partial charge in [-0.3, -0.25) is 4.79 Å². The molecule has 0 aromatic carbocycles. The van der Waals surface area contributed by atoms with Gasteiger partial charge in [0.25, 0.3) is 5.91 Å². The van der Waals surface area contributed by atoms with Gasteiger partial charge >= 0.3 is 0 Å². The Morgan fingerprint density at radius 1 is 1.75 bits per heavy atom. The number of hydrogen-bond donors (Lipinski definition) is 2. The predicted molar refractivity (Wildman–Crippen MR) is 61.4 cm³/mol. The highest BCUT2D eigenvalue weighted by Gasteiger charge is 2.41. The van der Waals surface area contributed by atoms with Gasteiger partial charge in [0, 0.05) is 12.6 Å². The number of nitrogens with zero attached hydrogens (tertiary/aromatic N) is 1. The molecule has 3 N–H and O–H groups in total. The van der Waals surface area contributed by atoms with Gasteiger partial charge in [-0.1, -0.05) is 5.16 Å². The molecule has 2 rings (SSSR count). The lowest BCUT2D eigenvalue weighted by Gasteiger charge is -2.28. The zero-order valence-electron chi connectivity index (χ0n) is 9.10. The average Bonchev–Trinajstić information content (AvgIpc) is 2.94. The van der Waals surface area contributed by atoms with Gasteiger partial charge in [-0.15, -0.1) is 12.4 Å². The quantitative estimate of drug-likeness (QED) is 0.828. The summed E-state index contributed by atoms with van der Waals surface area (Å²) in [6, 6.07) is 1.54. The fourth-order valence-corrected chi connectivity index (χ4v) is 1.69. The van der Waals surface area contributed by atoms with Crippen LogP contribution in [0.5, 0.6) is 0 Å². The summed E-state index contributed by atoms with van der Waals surface area (Å²) in [6.07, 6.45) is 3.64. The maximum Gasteiger partial charge on any atom is 0.273 e. The van der Waals surface area contributed by atoms with E-state index in [4.69, 9.17) is 5.73 Å². The van der Waals surface area contributed by atoms with E-state index in [1.807, 2.05) is 6.92 Å². The first-order valence-corrected chi connectivity index (χ1v) is 5.08. The average molecular weight is 246 g/mol. The third-order valence-electron chi connectivity index (χ3n) is 2.97. The van der Waals surface area contributed by atoms with Crippen LogP contribution in [-0.4, -0.2) is 23.1 Å². The van der Waals surface area contributed by atoms with Crippen molar-refractivity contribution >= 4 is 18.3 Å². The van der Waals surface area contributed by atoms with Crippen LogP contribution in [0.2, 0.25) is 0 Å². The van der Waals surface area contributed by atoms with Gasteiger partial charge in [-0.25, -0.2) is 0 Å². The van der Waals surface area contributed by atoms with Crippen LogP contribution in [-0.2, 0) is 0 Å². The van der Waals surface area contributed by atoms with Crippen molar-refractivity contribution in [3.8, 4) is 0 Å². The van der Waals surface area contributed by atoms with Gasteiger partial charge in [-0.2, -0.15) is 0 Å². The maximum atomic E-state index is 11.7. The fraction of sp³-hybridized carbons (Fsp3) is 0.600. The van der Waals surface area contributed by atoms with Crippen molar-refractivity contribution < 1.29 is 9.32 Å². The number of aromatic nitrogens is 1. The Kier molecular flexibility index (Phi) is 3.93. The summed E-state index contributed by atoms with van der Waals surface area (Å²) in [5, 5.41) is 6.51. The number of hydrogen-bond acceptors (Lipinski definition) is 4. The van der Waals surface area contributed by atoms with Crippen LogP contribution in [0, 0.1) is 5.92 Å². The van der Waals surface area contributed by atoms with Crippen LogP contribution in [0.15, 0.2) is 16.9 Å². The van der Waals surface area contributed by atoms with Crippen LogP contribution < -0.4 is 11.1 Å². The summed E-state index contributed by atoms with van der Waals surface area (Å²) in [5.41, 5.74) is 5.68. The van der Waals surface area contributed by atoms with E-state index in [2.05, 4.69) is 15.0 Å². The van der Waals surface area contributed by atoms with Crippen LogP contribution >= 0.6 is 12.4 Å². The minimum atomic E-state index is -0.309. The standard InChI is InChI=1S/C10H15N3O2.ClH/c1-10(6-11,7-2-3-7)12-9(14)8-4-5-15-13-8;/h4-5,7H,2-3,6,11H2,1H3,(H,12,14);1H. The van der Waals surface area contributed by atoms with E-state index in [0.29, 0.717) is 18.2 Å². The number of halogens is 1. The molecule has 0 bridgehead atoms. The summed E-state index contributed by atoms with van der Waals surface area (Å²) in [7, 11) is 0. The van der Waals surface area contributed by atoms with Gasteiger partial charge in [0.2, 0.25) is 0 Å². The topological polar surface area (TPSA) is 81.1 Å². The molecular formula is C10H16ClN3O2. The minimum Gasteiger partial charge on any atom is -0.364 e. The molecular weight excluding hydrogens is 230 g/mol. The summed E-state index contributed by atoms with van der Waals surface area (Å²) in [6.45, 7) is 2.42. The lowest BCUT2D eigenvalue weighted by Crippen LogP contribution is -2.53. The Labute approximate surface area is 100 Å². The third-order valence-corrected chi connectivity index (χ3v) is 2.97. The van der Waals surface area contributed by atoms with Crippen LogP contribution in [0.3, 0.4) is 0 Å². The lowest BCUT2D eigenvalue weighted by atomic mass is 9.96. The monoisotopic (exact) mass is 245 g/mol. The minimum absolute atomic E-state index is 0. The van der Waals surface area contributed by atoms with E-state index in [0.717, 1.165) is 12.8 Å². The van der Waals surface area contributed by atoms with Crippen molar-refractivity contribution in [3.63, 3.8) is 0 Å². The van der Waals surface area contributed by atoms with E-state index in [1.165, 1.54) is 6.26 Å². The molecule has 5 nitrogen and oxygen atoms in total. The summed E-state index contributed by atoms with van der Waals surface area (Å²) < 4.78 is 4.62. The first-order valence-electron chi connectivity index (χ1n) is 5.08. The molecule has 0 aliphatic heterocycles. The third kappa shape index (κ3) is 2.54. The van der Waals surface area contributed by atoms with E-state index in [-0.39, 0.29) is 23.9 Å². The predicted octanol–water partition coefficient (Wildman–Crippen LogP) is 0.954. The second-order valence-electron chi connectivity index (χ2n) is 4.23. The smallest absolute Gasteiger partial charge is 0.273 e. The molecule has 1 amide bonds. The number of nitrogens with two attached hydrogens (primary N) is 1. The van der Waals surface area contributed by atoms with E-state index >= 15 is 0 Å². The Hall–Kier alpha value is -1.07. The molecule has 1 saturated carbocycles. The molecule has 1 unspecified atom stereocenters. The zero-order valence-corrected chi connectivity index (χ0v) is 9.92. The Balaban J connectivity index is 0.00000128. The van der Waals surface area contributed by atoms with Gasteiger partial charge in [-0.05, 0) is 25.7 Å². The van der Waals surface area contributed by atoms with Gasteiger partial charge < -0.3 is 15.6 Å². The molecule has 0 spiro atoms. The molecule has 1 atom stereocenters. The maximum absolute atomic E-state index is 11.7. The number of rotatable bonds is 4. The largest absolute Gasteiger partial charge is 0.364 e. The number of amides is 1. The molecule has 6 heteroatoms. The molecule has 1 aromatic heterocycles. The molecule has 90 valence electrons. The number of carbonyl (C=O) groups excluding carboxylic acids is 1. The Morgan fingerprint density at radius 2 is 2.44 bits per heavy atom. The zero-order chi connectivity index (χ0) is 10.9. The normalized spacial score (nSPS) is 18.4. The molecule has 1 aliphatic rings. The van der Waals surface area contributed by atoms with Crippen LogP contribution in [0.25, 0.3) is 0 Å². The molecule has 1 aliphatic carbocycles. The van der Waals surface area contributed by atoms with Gasteiger partial charge in [0.05, 0.1) is 5.54 Å². The van der Waals surface area contributed by atoms with Gasteiger partial charge in [0.15, 0.2) is 5.69 Å². The van der Waals surface area contributed by atoms with Crippen LogP contribution in [0.4, 0.5) is 0 Å². The van der Waals surface area contributed by atoms with E-state index in [1.54, 1.807) is 6.07 Å². The van der Waals surface area contributed by atoms with Gasteiger partial charge in [0.1, 0.15) is 6.26 Å². The first-order chi connectivity index (χ1) is 7.15. The number of carbonyl (C=O) groups is 1. The van der Waals surface area contributed by atoms with Crippen molar-refractivity contribution in [2.75, 3.05) is 6.54 Å². The summed E-state index contributed by atoms with van der Waals surface area (Å²) >= 11 is 0. The molecule has 1 aromatic rings. The second-order valence-corrected chi connectivity index (χ2v) is 4.23. The summed E-state index contributed by atoms with van der Waals surface area (Å²) in [4.78, 5) is 11.7. The van der Waals surface area contributed by atoms with Crippen molar-refractivity contribution in [1.82, 2.24) is 10.5 Å². The van der Waals surface area contributed by atoms with Crippen molar-refractivity contribution in [2.45, 2.75) is 25.3 Å². The van der Waals surface area contributed by atoms with E-state index in [9.17, 15) is 4.79 Å². The molecule has 1 fully saturated rings. The summed E-state index contributed by atoms with van der Waals surface area (Å²) in [5.74, 6) is 0.280. The van der Waals surface area contributed by atoms with E-state index < -0.39 is 0 Å². The highest BCUT2D eigenvalue weighted by Crippen LogP contribution is 2.39. The molecule has 0 radical (unpaired) electrons. The Bertz CT molecular complexity index is 351. The van der Waals surface area contributed by atoms with Crippen molar-refractivity contribution in [1.29, 1.82) is 0 Å². The SMILES string of the molecule is CC(CN)(NC(=O)c1ccon1)C1CC1.Cl. The lowest BCUT2D eigenvalue weighted by molar-refractivity contribution is 0.0888. The fourth-order valence-electron chi connectivity index (χ4n) is 1.69. The molecule has 16 heavy (non-hydrogen) atoms. The van der Waals surface area contributed by atoms with Crippen molar-refractivity contribution in [2.24, 2.45) is 11.7 Å².